The van der Waals surface area contributed by atoms with Crippen molar-refractivity contribution in [2.75, 3.05) is 6.61 Å². The predicted octanol–water partition coefficient (Wildman–Crippen LogP) is 3.10. The highest BCUT2D eigenvalue weighted by Crippen LogP contribution is 2.37. The van der Waals surface area contributed by atoms with E-state index in [2.05, 4.69) is 31.0 Å². The van der Waals surface area contributed by atoms with Gasteiger partial charge in [0.15, 0.2) is 6.29 Å². The van der Waals surface area contributed by atoms with E-state index in [1.54, 1.807) is 6.20 Å². The number of benzene rings is 1. The second kappa shape index (κ2) is 6.91. The molecule has 0 amide bonds. The zero-order chi connectivity index (χ0) is 19.2. The van der Waals surface area contributed by atoms with E-state index in [1.807, 2.05) is 16.7 Å². The number of aromatic amines is 1. The minimum absolute atomic E-state index is 0.114. The molecule has 1 aliphatic rings. The average Bonchev–Trinajstić information content (AvgIpc) is 3.17. The van der Waals surface area contributed by atoms with Crippen LogP contribution in [0.3, 0.4) is 0 Å². The van der Waals surface area contributed by atoms with Crippen LogP contribution in [0, 0.1) is 0 Å². The lowest BCUT2D eigenvalue weighted by Crippen LogP contribution is -2.32. The van der Waals surface area contributed by atoms with Crippen molar-refractivity contribution in [3.05, 3.63) is 56.3 Å². The van der Waals surface area contributed by atoms with Gasteiger partial charge in [0.2, 0.25) is 0 Å². The molecule has 7 heteroatoms. The van der Waals surface area contributed by atoms with Crippen LogP contribution >= 0.6 is 11.3 Å². The highest BCUT2D eigenvalue weighted by molar-refractivity contribution is 7.09. The summed E-state index contributed by atoms with van der Waals surface area (Å²) in [5, 5.41) is 20.6. The number of aliphatic hydroxyl groups excluding tert-OH is 1. The van der Waals surface area contributed by atoms with E-state index in [9.17, 15) is 15.0 Å². The first-order chi connectivity index (χ1) is 12.8. The second-order valence-electron chi connectivity index (χ2n) is 7.79. The topological polar surface area (TPSA) is 87.5 Å². The standard InChI is InChI=1S/C20H24N2O4S/c1-20(2)9-13(5-6-26-20)12-3-4-16-14(7-12)8-17(18(23)24)22(16)11-15-10-21-19(25)27-15/h3-4,7-8,10,13,18,23-24H,5-6,9,11H2,1-2H3,(H,21,25)/t13-/m0/s1. The maximum atomic E-state index is 11.4. The van der Waals surface area contributed by atoms with Crippen LogP contribution in [0.4, 0.5) is 0 Å². The van der Waals surface area contributed by atoms with Crippen molar-refractivity contribution in [3.63, 3.8) is 0 Å². The molecule has 3 aromatic rings. The van der Waals surface area contributed by atoms with Crippen molar-refractivity contribution in [1.29, 1.82) is 0 Å². The van der Waals surface area contributed by atoms with Crippen LogP contribution in [0.15, 0.2) is 35.3 Å². The number of aromatic nitrogens is 2. The number of hydrogen-bond acceptors (Lipinski definition) is 5. The van der Waals surface area contributed by atoms with Gasteiger partial charge in [0.1, 0.15) is 0 Å². The zero-order valence-corrected chi connectivity index (χ0v) is 16.3. The molecule has 1 atom stereocenters. The summed E-state index contributed by atoms with van der Waals surface area (Å²) >= 11 is 1.13. The molecule has 6 nitrogen and oxygen atoms in total. The van der Waals surface area contributed by atoms with Gasteiger partial charge in [0.05, 0.1) is 17.8 Å². The van der Waals surface area contributed by atoms with Crippen LogP contribution in [0.1, 0.15) is 55.0 Å². The summed E-state index contributed by atoms with van der Waals surface area (Å²) in [7, 11) is 0. The molecule has 0 spiro atoms. The van der Waals surface area contributed by atoms with Crippen LogP contribution in [0.5, 0.6) is 0 Å². The first-order valence-corrected chi connectivity index (χ1v) is 9.95. The number of thiazole rings is 1. The molecule has 2 aromatic heterocycles. The Labute approximate surface area is 161 Å². The summed E-state index contributed by atoms with van der Waals surface area (Å²) in [6.07, 6.45) is 2.05. The Hall–Kier alpha value is -1.93. The summed E-state index contributed by atoms with van der Waals surface area (Å²) < 4.78 is 7.69. The van der Waals surface area contributed by atoms with E-state index in [1.165, 1.54) is 5.56 Å². The first kappa shape index (κ1) is 18.4. The summed E-state index contributed by atoms with van der Waals surface area (Å²) in [5.41, 5.74) is 2.48. The third-order valence-electron chi connectivity index (χ3n) is 5.28. The highest BCUT2D eigenvalue weighted by Gasteiger charge is 2.30. The molecule has 0 saturated carbocycles. The van der Waals surface area contributed by atoms with Crippen molar-refractivity contribution in [2.45, 2.75) is 51.0 Å². The van der Waals surface area contributed by atoms with Crippen LogP contribution in [0.25, 0.3) is 10.9 Å². The molecular formula is C20H24N2O4S. The number of fused-ring (bicyclic) bond motifs is 1. The van der Waals surface area contributed by atoms with Gasteiger partial charge >= 0.3 is 4.87 Å². The molecule has 4 rings (SSSR count). The van der Waals surface area contributed by atoms with Crippen molar-refractivity contribution in [3.8, 4) is 0 Å². The molecule has 1 saturated heterocycles. The third kappa shape index (κ3) is 3.73. The molecule has 0 radical (unpaired) electrons. The molecule has 1 aliphatic heterocycles. The van der Waals surface area contributed by atoms with E-state index in [0.29, 0.717) is 18.2 Å². The average molecular weight is 388 g/mol. The normalized spacial score (nSPS) is 19.8. The van der Waals surface area contributed by atoms with Crippen molar-refractivity contribution >= 4 is 22.2 Å². The number of nitrogens with zero attached hydrogens (tertiary/aromatic N) is 1. The number of nitrogens with one attached hydrogen (secondary N) is 1. The molecule has 0 unspecified atom stereocenters. The Kier molecular flexibility index (Phi) is 4.71. The lowest BCUT2D eigenvalue weighted by Gasteiger charge is -2.35. The molecule has 0 aliphatic carbocycles. The molecule has 3 N–H and O–H groups in total. The zero-order valence-electron chi connectivity index (χ0n) is 15.4. The van der Waals surface area contributed by atoms with E-state index < -0.39 is 6.29 Å². The Morgan fingerprint density at radius 1 is 1.37 bits per heavy atom. The Balaban J connectivity index is 1.73. The molecular weight excluding hydrogens is 364 g/mol. The van der Waals surface area contributed by atoms with Crippen LogP contribution in [-0.2, 0) is 11.3 Å². The number of rotatable bonds is 4. The van der Waals surface area contributed by atoms with E-state index in [4.69, 9.17) is 4.74 Å². The van der Waals surface area contributed by atoms with Gasteiger partial charge in [-0.3, -0.25) is 4.79 Å². The van der Waals surface area contributed by atoms with Crippen LogP contribution < -0.4 is 4.87 Å². The summed E-state index contributed by atoms with van der Waals surface area (Å²) in [6.45, 7) is 5.42. The van der Waals surface area contributed by atoms with Crippen molar-refractivity contribution in [1.82, 2.24) is 9.55 Å². The van der Waals surface area contributed by atoms with Crippen LogP contribution in [-0.4, -0.2) is 32.0 Å². The van der Waals surface area contributed by atoms with Crippen molar-refractivity contribution in [2.24, 2.45) is 0 Å². The number of H-pyrrole nitrogens is 1. The number of hydrogen-bond donors (Lipinski definition) is 3. The van der Waals surface area contributed by atoms with Gasteiger partial charge in [0.25, 0.3) is 0 Å². The molecule has 27 heavy (non-hydrogen) atoms. The molecule has 3 heterocycles. The van der Waals surface area contributed by atoms with Gasteiger partial charge < -0.3 is 24.5 Å². The Morgan fingerprint density at radius 2 is 2.19 bits per heavy atom. The fourth-order valence-electron chi connectivity index (χ4n) is 4.02. The minimum atomic E-state index is -1.57. The molecule has 1 fully saturated rings. The Bertz CT molecular complexity index is 1010. The van der Waals surface area contributed by atoms with E-state index in [-0.39, 0.29) is 10.5 Å². The monoisotopic (exact) mass is 388 g/mol. The van der Waals surface area contributed by atoms with Gasteiger partial charge in [-0.1, -0.05) is 17.4 Å². The lowest BCUT2D eigenvalue weighted by molar-refractivity contribution is -0.0593. The second-order valence-corrected chi connectivity index (χ2v) is 8.89. The third-order valence-corrected chi connectivity index (χ3v) is 6.09. The first-order valence-electron chi connectivity index (χ1n) is 9.13. The van der Waals surface area contributed by atoms with Gasteiger partial charge in [-0.2, -0.15) is 0 Å². The fraction of sp³-hybridized carbons (Fsp3) is 0.450. The summed E-state index contributed by atoms with van der Waals surface area (Å²) in [6, 6.07) is 8.12. The number of ether oxygens (including phenoxy) is 1. The maximum absolute atomic E-state index is 11.4. The smallest absolute Gasteiger partial charge is 0.304 e. The van der Waals surface area contributed by atoms with Gasteiger partial charge in [-0.25, -0.2) is 0 Å². The van der Waals surface area contributed by atoms with Gasteiger partial charge in [0, 0.05) is 28.6 Å². The quantitative estimate of drug-likeness (QED) is 0.600. The summed E-state index contributed by atoms with van der Waals surface area (Å²) in [5.74, 6) is 0.430. The van der Waals surface area contributed by atoms with E-state index >= 15 is 0 Å². The maximum Gasteiger partial charge on any atom is 0.304 e. The minimum Gasteiger partial charge on any atom is -0.376 e. The fourth-order valence-corrected chi connectivity index (χ4v) is 4.69. The molecule has 0 bridgehead atoms. The molecule has 1 aromatic carbocycles. The highest BCUT2D eigenvalue weighted by atomic mass is 32.1. The van der Waals surface area contributed by atoms with Crippen molar-refractivity contribution < 1.29 is 14.9 Å². The number of aliphatic hydroxyl groups is 2. The predicted molar refractivity (Wildman–Crippen MR) is 105 cm³/mol. The largest absolute Gasteiger partial charge is 0.376 e. The van der Waals surface area contributed by atoms with E-state index in [0.717, 1.165) is 46.6 Å². The van der Waals surface area contributed by atoms with Gasteiger partial charge in [-0.15, -0.1) is 0 Å². The SMILES string of the molecule is CC1(C)C[C@@H](c2ccc3c(c2)cc(C(O)O)n3Cc2c[nH]c(=O)s2)CCO1. The lowest BCUT2D eigenvalue weighted by atomic mass is 9.83. The Morgan fingerprint density at radius 3 is 2.85 bits per heavy atom. The summed E-state index contributed by atoms with van der Waals surface area (Å²) in [4.78, 5) is 14.8. The van der Waals surface area contributed by atoms with Gasteiger partial charge in [-0.05, 0) is 56.4 Å². The molecule has 144 valence electrons. The van der Waals surface area contributed by atoms with Crippen LogP contribution in [0.2, 0.25) is 0 Å².